The van der Waals surface area contributed by atoms with Crippen molar-refractivity contribution in [1.29, 1.82) is 0 Å². The number of pyridine rings is 2. The molecule has 0 unspecified atom stereocenters. The predicted octanol–water partition coefficient (Wildman–Crippen LogP) is 5.43. The zero-order valence-corrected chi connectivity index (χ0v) is 20.8. The van der Waals surface area contributed by atoms with E-state index in [4.69, 9.17) is 4.98 Å². The molecule has 4 aromatic heterocycles. The summed E-state index contributed by atoms with van der Waals surface area (Å²) in [4.78, 5) is 31.8. The first kappa shape index (κ1) is 22.8. The quantitative estimate of drug-likeness (QED) is 0.290. The van der Waals surface area contributed by atoms with E-state index in [0.717, 1.165) is 62.0 Å². The second kappa shape index (κ2) is 9.20. The molecule has 9 nitrogen and oxygen atoms in total. The van der Waals surface area contributed by atoms with Crippen molar-refractivity contribution in [2.75, 3.05) is 23.3 Å². The van der Waals surface area contributed by atoms with Gasteiger partial charge in [-0.25, -0.2) is 14.4 Å². The average Bonchev–Trinajstić information content (AvgIpc) is 3.52. The van der Waals surface area contributed by atoms with Gasteiger partial charge in [0.2, 0.25) is 5.91 Å². The molecule has 5 heterocycles. The molecule has 1 saturated carbocycles. The maximum Gasteiger partial charge on any atom is 0.227 e. The van der Waals surface area contributed by atoms with Crippen LogP contribution in [0.1, 0.15) is 38.5 Å². The molecule has 2 aliphatic rings. The molecule has 192 valence electrons. The fraction of sp³-hybridized carbons (Fsp3) is 0.321. The molecule has 2 fully saturated rings. The van der Waals surface area contributed by atoms with Crippen LogP contribution in [0.5, 0.6) is 0 Å². The number of nitrogens with zero attached hydrogens (tertiary/aromatic N) is 5. The summed E-state index contributed by atoms with van der Waals surface area (Å²) in [6, 6.07) is 7.04. The molecule has 38 heavy (non-hydrogen) atoms. The lowest BCUT2D eigenvalue weighted by Crippen LogP contribution is -2.30. The number of nitrogens with one attached hydrogen (secondary N) is 3. The van der Waals surface area contributed by atoms with Gasteiger partial charge in [-0.15, -0.1) is 0 Å². The van der Waals surface area contributed by atoms with Gasteiger partial charge in [0.15, 0.2) is 17.5 Å². The summed E-state index contributed by atoms with van der Waals surface area (Å²) >= 11 is 0. The van der Waals surface area contributed by atoms with Crippen LogP contribution >= 0.6 is 0 Å². The number of imidazole rings is 1. The Kier molecular flexibility index (Phi) is 5.52. The van der Waals surface area contributed by atoms with Crippen LogP contribution in [-0.4, -0.2) is 49.1 Å². The van der Waals surface area contributed by atoms with E-state index in [1.165, 1.54) is 12.5 Å². The van der Waals surface area contributed by atoms with Crippen LogP contribution in [-0.2, 0) is 4.79 Å². The molecule has 5 aromatic rings. The first-order chi connectivity index (χ1) is 18.6. The molecular formula is C28H27FN8O. The summed E-state index contributed by atoms with van der Waals surface area (Å²) in [5, 5.41) is 10.8. The maximum absolute atomic E-state index is 15.2. The summed E-state index contributed by atoms with van der Waals surface area (Å²) in [6.07, 6.45) is 11.5. The molecule has 1 aliphatic heterocycles. The molecule has 0 radical (unpaired) electrons. The Balaban J connectivity index is 1.26. The van der Waals surface area contributed by atoms with E-state index < -0.39 is 5.82 Å². The monoisotopic (exact) mass is 510 g/mol. The largest absolute Gasteiger partial charge is 0.355 e. The lowest BCUT2D eigenvalue weighted by atomic mass is 9.85. The number of halogens is 1. The van der Waals surface area contributed by atoms with Gasteiger partial charge in [-0.2, -0.15) is 5.10 Å². The molecule has 10 heteroatoms. The van der Waals surface area contributed by atoms with Gasteiger partial charge in [0.25, 0.3) is 0 Å². The van der Waals surface area contributed by atoms with Gasteiger partial charge in [-0.05, 0) is 61.9 Å². The number of carbonyl (C=O) groups is 1. The molecule has 3 N–H and O–H groups in total. The van der Waals surface area contributed by atoms with Crippen LogP contribution in [0.15, 0.2) is 42.9 Å². The van der Waals surface area contributed by atoms with E-state index in [-0.39, 0.29) is 17.3 Å². The van der Waals surface area contributed by atoms with Crippen molar-refractivity contribution in [1.82, 2.24) is 30.1 Å². The van der Waals surface area contributed by atoms with Gasteiger partial charge >= 0.3 is 0 Å². The van der Waals surface area contributed by atoms with Crippen LogP contribution < -0.4 is 10.2 Å². The minimum Gasteiger partial charge on any atom is -0.355 e. The van der Waals surface area contributed by atoms with Crippen LogP contribution in [0.3, 0.4) is 0 Å². The number of carbonyl (C=O) groups excluding carboxylic acids is 1. The minimum atomic E-state index is -0.448. The Hall–Kier alpha value is -4.34. The minimum absolute atomic E-state index is 0.0113. The van der Waals surface area contributed by atoms with E-state index in [2.05, 4.69) is 35.4 Å². The molecule has 0 atom stereocenters. The van der Waals surface area contributed by atoms with Crippen molar-refractivity contribution in [3.63, 3.8) is 0 Å². The van der Waals surface area contributed by atoms with E-state index in [9.17, 15) is 4.79 Å². The molecular weight excluding hydrogens is 483 g/mol. The molecule has 1 aliphatic carbocycles. The SMILES string of the molecule is O=C(Nc1cncc(-c2cc(F)c3n[nH]c(-c4nc5c(N6CCCCC6)nccc5[nH]4)c3c2)c1)C1CCC1. The summed E-state index contributed by atoms with van der Waals surface area (Å²) < 4.78 is 15.2. The second-order valence-corrected chi connectivity index (χ2v) is 10.2. The van der Waals surface area contributed by atoms with E-state index in [0.29, 0.717) is 33.7 Å². The molecule has 1 aromatic carbocycles. The molecule has 1 saturated heterocycles. The highest BCUT2D eigenvalue weighted by molar-refractivity contribution is 5.98. The van der Waals surface area contributed by atoms with Crippen LogP contribution in [0.4, 0.5) is 15.9 Å². The number of hydrogen-bond donors (Lipinski definition) is 3. The number of aromatic nitrogens is 6. The number of fused-ring (bicyclic) bond motifs is 2. The van der Waals surface area contributed by atoms with Crippen LogP contribution in [0.25, 0.3) is 44.6 Å². The van der Waals surface area contributed by atoms with Gasteiger partial charge in [0.1, 0.15) is 16.7 Å². The average molecular weight is 511 g/mol. The smallest absolute Gasteiger partial charge is 0.227 e. The van der Waals surface area contributed by atoms with Gasteiger partial charge in [-0.1, -0.05) is 6.42 Å². The lowest BCUT2D eigenvalue weighted by molar-refractivity contribution is -0.122. The first-order valence-corrected chi connectivity index (χ1v) is 13.2. The van der Waals surface area contributed by atoms with Crippen molar-refractivity contribution in [2.45, 2.75) is 38.5 Å². The fourth-order valence-electron chi connectivity index (χ4n) is 5.38. The van der Waals surface area contributed by atoms with Crippen molar-refractivity contribution in [3.05, 3.63) is 48.7 Å². The standard InChI is InChI=1S/C28H27FN8O/c29-21-13-17(18-11-19(15-30-14-18)32-28(38)16-5-4-6-16)12-20-23(21)35-36-24(20)26-33-22-7-8-31-27(25(22)34-26)37-9-2-1-3-10-37/h7-8,11-16H,1-6,9-10H2,(H,32,38)(H,33,34)(H,35,36). The normalized spacial score (nSPS) is 16.2. The van der Waals surface area contributed by atoms with Crippen LogP contribution in [0.2, 0.25) is 0 Å². The summed E-state index contributed by atoms with van der Waals surface area (Å²) in [6.45, 7) is 1.92. The highest BCUT2D eigenvalue weighted by atomic mass is 19.1. The topological polar surface area (TPSA) is 115 Å². The second-order valence-electron chi connectivity index (χ2n) is 10.2. The lowest BCUT2D eigenvalue weighted by Gasteiger charge is -2.27. The number of hydrogen-bond acceptors (Lipinski definition) is 6. The number of piperidine rings is 1. The van der Waals surface area contributed by atoms with Gasteiger partial charge in [0, 0.05) is 42.4 Å². The number of benzene rings is 1. The number of aromatic amines is 2. The van der Waals surface area contributed by atoms with E-state index in [1.54, 1.807) is 18.6 Å². The number of anilines is 2. The highest BCUT2D eigenvalue weighted by Gasteiger charge is 2.25. The highest BCUT2D eigenvalue weighted by Crippen LogP contribution is 2.34. The Morgan fingerprint density at radius 2 is 1.89 bits per heavy atom. The zero-order valence-electron chi connectivity index (χ0n) is 20.8. The Morgan fingerprint density at radius 1 is 1.03 bits per heavy atom. The third kappa shape index (κ3) is 3.96. The summed E-state index contributed by atoms with van der Waals surface area (Å²) in [5.41, 5.74) is 4.44. The molecule has 1 amide bonds. The third-order valence-corrected chi connectivity index (χ3v) is 7.70. The van der Waals surface area contributed by atoms with E-state index in [1.807, 2.05) is 18.2 Å². The van der Waals surface area contributed by atoms with Crippen LogP contribution in [0, 0.1) is 11.7 Å². The summed E-state index contributed by atoms with van der Waals surface area (Å²) in [5.74, 6) is 1.07. The number of H-pyrrole nitrogens is 2. The fourth-order valence-corrected chi connectivity index (χ4v) is 5.38. The maximum atomic E-state index is 15.2. The number of amides is 1. The molecule has 7 rings (SSSR count). The zero-order chi connectivity index (χ0) is 25.6. The van der Waals surface area contributed by atoms with Crippen molar-refractivity contribution < 1.29 is 9.18 Å². The van der Waals surface area contributed by atoms with E-state index >= 15 is 4.39 Å². The number of rotatable bonds is 5. The summed E-state index contributed by atoms with van der Waals surface area (Å²) in [7, 11) is 0. The van der Waals surface area contributed by atoms with Crippen molar-refractivity contribution >= 4 is 39.3 Å². The van der Waals surface area contributed by atoms with Crippen molar-refractivity contribution in [2.24, 2.45) is 5.92 Å². The van der Waals surface area contributed by atoms with Gasteiger partial charge in [0.05, 0.1) is 17.4 Å². The van der Waals surface area contributed by atoms with Gasteiger partial charge in [-0.3, -0.25) is 14.9 Å². The molecule has 0 spiro atoms. The Labute approximate surface area is 217 Å². The first-order valence-electron chi connectivity index (χ1n) is 13.2. The molecule has 0 bridgehead atoms. The van der Waals surface area contributed by atoms with Gasteiger partial charge < -0.3 is 15.2 Å². The Bertz CT molecular complexity index is 1660. The third-order valence-electron chi connectivity index (χ3n) is 7.70. The predicted molar refractivity (Wildman–Crippen MR) is 144 cm³/mol. The van der Waals surface area contributed by atoms with Crippen molar-refractivity contribution in [3.8, 4) is 22.6 Å². The Morgan fingerprint density at radius 3 is 2.71 bits per heavy atom.